The van der Waals surface area contributed by atoms with Crippen LogP contribution >= 0.6 is 23.2 Å². The minimum Gasteiger partial charge on any atom is -0.493 e. The number of halogens is 2. The van der Waals surface area contributed by atoms with Crippen molar-refractivity contribution >= 4 is 23.2 Å². The molecular weight excluding hydrogens is 333 g/mol. The Morgan fingerprint density at radius 3 is 2.61 bits per heavy atom. The first-order chi connectivity index (χ1) is 11.2. The number of benzene rings is 2. The first-order valence-corrected chi connectivity index (χ1v) is 8.34. The quantitative estimate of drug-likeness (QED) is 0.671. The third-order valence-corrected chi connectivity index (χ3v) is 4.00. The second-order valence-corrected chi connectivity index (χ2v) is 5.99. The van der Waals surface area contributed by atoms with E-state index in [-0.39, 0.29) is 0 Å². The Kier molecular flexibility index (Phi) is 7.03. The lowest BCUT2D eigenvalue weighted by molar-refractivity contribution is 0.280. The van der Waals surface area contributed by atoms with Crippen molar-refractivity contribution in [3.8, 4) is 11.5 Å². The summed E-state index contributed by atoms with van der Waals surface area (Å²) in [4.78, 5) is 0. The molecule has 0 bridgehead atoms. The molecule has 0 saturated heterocycles. The summed E-state index contributed by atoms with van der Waals surface area (Å²) in [5.41, 5.74) is 1.94. The van der Waals surface area contributed by atoms with Gasteiger partial charge in [-0.15, -0.1) is 0 Å². The smallest absolute Gasteiger partial charge is 0.166 e. The molecule has 0 atom stereocenters. The summed E-state index contributed by atoms with van der Waals surface area (Å²) < 4.78 is 11.4. The lowest BCUT2D eigenvalue weighted by Crippen LogP contribution is -2.15. The fourth-order valence-electron chi connectivity index (χ4n) is 2.21. The first-order valence-electron chi connectivity index (χ1n) is 7.59. The SMILES string of the molecule is CCCNCc1cccc(OC)c1OCc1ccc(Cl)cc1Cl. The lowest BCUT2D eigenvalue weighted by Gasteiger charge is -2.16. The minimum atomic E-state index is 0.358. The maximum atomic E-state index is 6.20. The third-order valence-electron chi connectivity index (χ3n) is 3.41. The van der Waals surface area contributed by atoms with Gasteiger partial charge in [0.2, 0.25) is 0 Å². The highest BCUT2D eigenvalue weighted by Crippen LogP contribution is 2.32. The van der Waals surface area contributed by atoms with E-state index in [9.17, 15) is 0 Å². The molecule has 0 aliphatic heterocycles. The summed E-state index contributed by atoms with van der Waals surface area (Å²) >= 11 is 12.1. The fraction of sp³-hybridized carbons (Fsp3) is 0.333. The highest BCUT2D eigenvalue weighted by Gasteiger charge is 2.11. The molecule has 0 aliphatic rings. The summed E-state index contributed by atoms with van der Waals surface area (Å²) in [6.45, 7) is 4.18. The topological polar surface area (TPSA) is 30.5 Å². The molecule has 1 N–H and O–H groups in total. The molecule has 0 radical (unpaired) electrons. The normalized spacial score (nSPS) is 10.6. The Bertz CT molecular complexity index is 647. The van der Waals surface area contributed by atoms with E-state index < -0.39 is 0 Å². The van der Waals surface area contributed by atoms with Gasteiger partial charge in [0.1, 0.15) is 6.61 Å². The van der Waals surface area contributed by atoms with Crippen LogP contribution in [0.1, 0.15) is 24.5 Å². The van der Waals surface area contributed by atoms with Crippen molar-refractivity contribution in [2.24, 2.45) is 0 Å². The third kappa shape index (κ3) is 5.03. The Morgan fingerprint density at radius 1 is 1.09 bits per heavy atom. The average Bonchev–Trinajstić information content (AvgIpc) is 2.55. The van der Waals surface area contributed by atoms with Crippen LogP contribution in [0, 0.1) is 0 Å². The monoisotopic (exact) mass is 353 g/mol. The summed E-state index contributed by atoms with van der Waals surface area (Å²) in [5, 5.41) is 4.59. The Balaban J connectivity index is 2.16. The number of hydrogen-bond donors (Lipinski definition) is 1. The van der Waals surface area contributed by atoms with Crippen LogP contribution < -0.4 is 14.8 Å². The molecule has 0 amide bonds. The molecule has 2 aromatic rings. The van der Waals surface area contributed by atoms with Crippen LogP contribution in [0.15, 0.2) is 36.4 Å². The molecule has 0 spiro atoms. The van der Waals surface area contributed by atoms with Crippen molar-refractivity contribution in [3.63, 3.8) is 0 Å². The summed E-state index contributed by atoms with van der Waals surface area (Å²) in [6.07, 6.45) is 1.08. The molecule has 0 aliphatic carbocycles. The maximum Gasteiger partial charge on any atom is 0.166 e. The molecule has 23 heavy (non-hydrogen) atoms. The first kappa shape index (κ1) is 17.9. The van der Waals surface area contributed by atoms with Gasteiger partial charge < -0.3 is 14.8 Å². The van der Waals surface area contributed by atoms with E-state index in [1.54, 1.807) is 19.2 Å². The van der Waals surface area contributed by atoms with Gasteiger partial charge in [-0.05, 0) is 31.2 Å². The zero-order valence-corrected chi connectivity index (χ0v) is 14.9. The maximum absolute atomic E-state index is 6.20. The van der Waals surface area contributed by atoms with Gasteiger partial charge in [0.15, 0.2) is 11.5 Å². The number of rotatable bonds is 8. The number of hydrogen-bond acceptors (Lipinski definition) is 3. The molecule has 5 heteroatoms. The van der Waals surface area contributed by atoms with Crippen molar-refractivity contribution in [1.29, 1.82) is 0 Å². The number of ether oxygens (including phenoxy) is 2. The van der Waals surface area contributed by atoms with Crippen LogP contribution in [0.4, 0.5) is 0 Å². The number of methoxy groups -OCH3 is 1. The van der Waals surface area contributed by atoms with Crippen LogP contribution in [0.2, 0.25) is 10.0 Å². The van der Waals surface area contributed by atoms with Crippen molar-refractivity contribution in [2.75, 3.05) is 13.7 Å². The van der Waals surface area contributed by atoms with Gasteiger partial charge in [-0.25, -0.2) is 0 Å². The molecule has 0 unspecified atom stereocenters. The van der Waals surface area contributed by atoms with E-state index in [2.05, 4.69) is 12.2 Å². The predicted molar refractivity (Wildman–Crippen MR) is 95.8 cm³/mol. The zero-order chi connectivity index (χ0) is 16.7. The summed E-state index contributed by atoms with van der Waals surface area (Å²) in [6, 6.07) is 11.3. The largest absolute Gasteiger partial charge is 0.493 e. The lowest BCUT2D eigenvalue weighted by atomic mass is 10.1. The van der Waals surface area contributed by atoms with Gasteiger partial charge in [0.05, 0.1) is 7.11 Å². The van der Waals surface area contributed by atoms with E-state index in [1.165, 1.54) is 0 Å². The molecule has 2 aromatic carbocycles. The zero-order valence-electron chi connectivity index (χ0n) is 13.4. The van der Waals surface area contributed by atoms with Gasteiger partial charge in [0.25, 0.3) is 0 Å². The van der Waals surface area contributed by atoms with Gasteiger partial charge >= 0.3 is 0 Å². The van der Waals surface area contributed by atoms with Crippen molar-refractivity contribution in [2.45, 2.75) is 26.5 Å². The molecule has 0 heterocycles. The van der Waals surface area contributed by atoms with Crippen LogP contribution in [-0.2, 0) is 13.2 Å². The molecule has 3 nitrogen and oxygen atoms in total. The van der Waals surface area contributed by atoms with E-state index in [4.69, 9.17) is 32.7 Å². The highest BCUT2D eigenvalue weighted by atomic mass is 35.5. The minimum absolute atomic E-state index is 0.358. The predicted octanol–water partition coefficient (Wildman–Crippen LogP) is 5.08. The molecule has 2 rings (SSSR count). The Hall–Kier alpha value is -1.42. The molecule has 0 aromatic heterocycles. The Morgan fingerprint density at radius 2 is 1.91 bits per heavy atom. The molecule has 124 valence electrons. The second kappa shape index (κ2) is 9.02. The summed E-state index contributed by atoms with van der Waals surface area (Å²) in [7, 11) is 1.64. The van der Waals surface area contributed by atoms with Gasteiger partial charge in [-0.1, -0.05) is 48.3 Å². The van der Waals surface area contributed by atoms with E-state index in [0.29, 0.717) is 22.4 Å². The standard InChI is InChI=1S/C18H21Cl2NO2/c1-3-9-21-11-13-5-4-6-17(22-2)18(13)23-12-14-7-8-15(19)10-16(14)20/h4-8,10,21H,3,9,11-12H2,1-2H3. The van der Waals surface area contributed by atoms with Crippen LogP contribution in [0.25, 0.3) is 0 Å². The van der Waals surface area contributed by atoms with Crippen molar-refractivity contribution < 1.29 is 9.47 Å². The molecule has 0 saturated carbocycles. The Labute approximate surface area is 147 Å². The number of para-hydroxylation sites is 1. The van der Waals surface area contributed by atoms with Crippen LogP contribution in [0.3, 0.4) is 0 Å². The summed E-state index contributed by atoms with van der Waals surface area (Å²) in [5.74, 6) is 1.45. The van der Waals surface area contributed by atoms with E-state index in [1.807, 2.05) is 24.3 Å². The molecular formula is C18H21Cl2NO2. The van der Waals surface area contributed by atoms with Gasteiger partial charge in [0, 0.05) is 27.7 Å². The average molecular weight is 354 g/mol. The van der Waals surface area contributed by atoms with Crippen LogP contribution in [0.5, 0.6) is 11.5 Å². The second-order valence-electron chi connectivity index (χ2n) is 5.15. The van der Waals surface area contributed by atoms with Crippen molar-refractivity contribution in [3.05, 3.63) is 57.6 Å². The fourth-order valence-corrected chi connectivity index (χ4v) is 2.68. The van der Waals surface area contributed by atoms with E-state index in [0.717, 1.165) is 36.4 Å². The van der Waals surface area contributed by atoms with Gasteiger partial charge in [-0.2, -0.15) is 0 Å². The highest BCUT2D eigenvalue weighted by molar-refractivity contribution is 6.35. The molecule has 0 fully saturated rings. The van der Waals surface area contributed by atoms with Gasteiger partial charge in [-0.3, -0.25) is 0 Å². The van der Waals surface area contributed by atoms with Crippen LogP contribution in [-0.4, -0.2) is 13.7 Å². The van der Waals surface area contributed by atoms with E-state index >= 15 is 0 Å². The van der Waals surface area contributed by atoms with Crippen molar-refractivity contribution in [1.82, 2.24) is 5.32 Å². The number of nitrogens with one attached hydrogen (secondary N) is 1.